The molecule has 1 saturated carbocycles. The first-order chi connectivity index (χ1) is 13.8. The minimum absolute atomic E-state index is 0.0960. The fourth-order valence-corrected chi connectivity index (χ4v) is 4.02. The van der Waals surface area contributed by atoms with Gasteiger partial charge in [-0.25, -0.2) is 4.39 Å². The Labute approximate surface area is 172 Å². The molecular weight excluding hydrogens is 369 g/mol. The minimum atomic E-state index is -0.675. The lowest BCUT2D eigenvalue weighted by Crippen LogP contribution is -2.41. The quantitative estimate of drug-likeness (QED) is 0.591. The number of hydrogen-bond donors (Lipinski definition) is 3. The molecule has 0 unspecified atom stereocenters. The van der Waals surface area contributed by atoms with E-state index in [0.29, 0.717) is 22.2 Å². The van der Waals surface area contributed by atoms with Crippen molar-refractivity contribution in [3.05, 3.63) is 35.8 Å². The Kier molecular flexibility index (Phi) is 6.73. The molecule has 0 atom stereocenters. The van der Waals surface area contributed by atoms with Gasteiger partial charge in [-0.05, 0) is 70.1 Å². The normalized spacial score (nSPS) is 19.9. The standard InChI is InChI=1S/C23H32FN3O2/c1-4-5-10-25-21-13-20-15(12-19(21)24)11-16(14-26-20)22(28)27-18-8-6-17(7-9-18)23(2,3)29/h11-14,17-18,25,29H,4-10H2,1-3H3,(H,27,28). The predicted octanol–water partition coefficient (Wildman–Crippen LogP) is 4.65. The Balaban J connectivity index is 1.65. The summed E-state index contributed by atoms with van der Waals surface area (Å²) >= 11 is 0. The van der Waals surface area contributed by atoms with Gasteiger partial charge in [0.2, 0.25) is 0 Å². The molecule has 1 amide bonds. The summed E-state index contributed by atoms with van der Waals surface area (Å²) in [6.07, 6.45) is 7.05. The van der Waals surface area contributed by atoms with Crippen LogP contribution < -0.4 is 10.6 Å². The zero-order valence-corrected chi connectivity index (χ0v) is 17.6. The molecule has 0 spiro atoms. The van der Waals surface area contributed by atoms with E-state index < -0.39 is 5.60 Å². The number of nitrogens with one attached hydrogen (secondary N) is 2. The number of unbranched alkanes of at least 4 members (excludes halogenated alkanes) is 1. The molecule has 0 saturated heterocycles. The molecule has 0 bridgehead atoms. The number of carbonyl (C=O) groups excluding carboxylic acids is 1. The lowest BCUT2D eigenvalue weighted by atomic mass is 9.77. The molecule has 1 fully saturated rings. The Hall–Kier alpha value is -2.21. The maximum absolute atomic E-state index is 14.4. The fraction of sp³-hybridized carbons (Fsp3) is 0.565. The number of benzene rings is 1. The topological polar surface area (TPSA) is 74.2 Å². The lowest BCUT2D eigenvalue weighted by Gasteiger charge is -2.36. The maximum Gasteiger partial charge on any atom is 0.253 e. The molecular formula is C23H32FN3O2. The number of pyridine rings is 1. The van der Waals surface area contributed by atoms with Crippen molar-refractivity contribution >= 4 is 22.5 Å². The Morgan fingerprint density at radius 3 is 2.62 bits per heavy atom. The van der Waals surface area contributed by atoms with Crippen molar-refractivity contribution in [1.29, 1.82) is 0 Å². The molecule has 29 heavy (non-hydrogen) atoms. The second-order valence-electron chi connectivity index (χ2n) is 8.70. The van der Waals surface area contributed by atoms with E-state index >= 15 is 0 Å². The smallest absolute Gasteiger partial charge is 0.253 e. The van der Waals surface area contributed by atoms with Gasteiger partial charge in [-0.3, -0.25) is 9.78 Å². The molecule has 1 heterocycles. The van der Waals surface area contributed by atoms with Crippen LogP contribution in [0.5, 0.6) is 0 Å². The number of carbonyl (C=O) groups is 1. The largest absolute Gasteiger partial charge is 0.390 e. The first-order valence-corrected chi connectivity index (χ1v) is 10.6. The van der Waals surface area contributed by atoms with E-state index in [9.17, 15) is 14.3 Å². The summed E-state index contributed by atoms with van der Waals surface area (Å²) in [7, 11) is 0. The highest BCUT2D eigenvalue weighted by atomic mass is 19.1. The van der Waals surface area contributed by atoms with E-state index in [1.54, 1.807) is 18.3 Å². The zero-order chi connectivity index (χ0) is 21.0. The Bertz CT molecular complexity index is 855. The third kappa shape index (κ3) is 5.44. The maximum atomic E-state index is 14.4. The predicted molar refractivity (Wildman–Crippen MR) is 115 cm³/mol. The second kappa shape index (κ2) is 9.08. The highest BCUT2D eigenvalue weighted by molar-refractivity contribution is 5.97. The second-order valence-corrected chi connectivity index (χ2v) is 8.70. The highest BCUT2D eigenvalue weighted by Gasteiger charge is 2.31. The van der Waals surface area contributed by atoms with Crippen LogP contribution in [0.2, 0.25) is 0 Å². The molecule has 1 aliphatic rings. The van der Waals surface area contributed by atoms with Crippen molar-refractivity contribution in [2.75, 3.05) is 11.9 Å². The van der Waals surface area contributed by atoms with Crippen LogP contribution in [0.25, 0.3) is 10.9 Å². The summed E-state index contributed by atoms with van der Waals surface area (Å²) in [6.45, 7) is 6.50. The van der Waals surface area contributed by atoms with Crippen molar-refractivity contribution < 1.29 is 14.3 Å². The Morgan fingerprint density at radius 1 is 1.24 bits per heavy atom. The molecule has 158 valence electrons. The summed E-state index contributed by atoms with van der Waals surface area (Å²) < 4.78 is 14.4. The molecule has 0 radical (unpaired) electrons. The van der Waals surface area contributed by atoms with E-state index in [2.05, 4.69) is 22.5 Å². The number of nitrogens with zero attached hydrogens (tertiary/aromatic N) is 1. The van der Waals surface area contributed by atoms with Crippen LogP contribution in [0, 0.1) is 11.7 Å². The highest BCUT2D eigenvalue weighted by Crippen LogP contribution is 2.32. The first kappa shape index (κ1) is 21.5. The number of aromatic nitrogens is 1. The van der Waals surface area contributed by atoms with Gasteiger partial charge >= 0.3 is 0 Å². The molecule has 5 nitrogen and oxygen atoms in total. The number of halogens is 1. The van der Waals surface area contributed by atoms with Gasteiger partial charge < -0.3 is 15.7 Å². The minimum Gasteiger partial charge on any atom is -0.390 e. The van der Waals surface area contributed by atoms with Crippen molar-refractivity contribution in [2.24, 2.45) is 5.92 Å². The number of hydrogen-bond acceptors (Lipinski definition) is 4. The van der Waals surface area contributed by atoms with Crippen molar-refractivity contribution in [3.8, 4) is 0 Å². The van der Waals surface area contributed by atoms with Crippen LogP contribution in [0.1, 0.15) is 69.7 Å². The molecule has 2 aromatic rings. The van der Waals surface area contributed by atoms with Gasteiger partial charge in [0.05, 0.1) is 22.4 Å². The van der Waals surface area contributed by atoms with Crippen LogP contribution in [0.4, 0.5) is 10.1 Å². The van der Waals surface area contributed by atoms with Gasteiger partial charge in [-0.2, -0.15) is 0 Å². The molecule has 3 N–H and O–H groups in total. The summed E-state index contributed by atoms with van der Waals surface area (Å²) in [5.74, 6) is -0.254. The van der Waals surface area contributed by atoms with Gasteiger partial charge in [0.15, 0.2) is 0 Å². The Morgan fingerprint density at radius 2 is 1.97 bits per heavy atom. The van der Waals surface area contributed by atoms with Crippen LogP contribution in [-0.2, 0) is 0 Å². The van der Waals surface area contributed by atoms with Crippen molar-refractivity contribution in [3.63, 3.8) is 0 Å². The first-order valence-electron chi connectivity index (χ1n) is 10.6. The van der Waals surface area contributed by atoms with Gasteiger partial charge in [-0.1, -0.05) is 13.3 Å². The van der Waals surface area contributed by atoms with Gasteiger partial charge in [0, 0.05) is 24.2 Å². The number of fused-ring (bicyclic) bond motifs is 1. The average molecular weight is 402 g/mol. The third-order valence-corrected chi connectivity index (χ3v) is 5.94. The van der Waals surface area contributed by atoms with E-state index in [1.807, 2.05) is 13.8 Å². The van der Waals surface area contributed by atoms with E-state index in [0.717, 1.165) is 45.1 Å². The number of anilines is 1. The fourth-order valence-electron chi connectivity index (χ4n) is 4.02. The number of rotatable bonds is 7. The third-order valence-electron chi connectivity index (χ3n) is 5.94. The number of aliphatic hydroxyl groups is 1. The van der Waals surface area contributed by atoms with Crippen LogP contribution in [-0.4, -0.2) is 34.2 Å². The van der Waals surface area contributed by atoms with Gasteiger partial charge in [0.1, 0.15) is 5.82 Å². The van der Waals surface area contributed by atoms with Gasteiger partial charge in [-0.15, -0.1) is 0 Å². The average Bonchev–Trinajstić information content (AvgIpc) is 2.68. The molecule has 1 aromatic carbocycles. The molecule has 0 aliphatic heterocycles. The van der Waals surface area contributed by atoms with Crippen molar-refractivity contribution in [1.82, 2.24) is 10.3 Å². The summed E-state index contributed by atoms with van der Waals surface area (Å²) in [5, 5.41) is 16.9. The molecule has 1 aliphatic carbocycles. The van der Waals surface area contributed by atoms with Crippen LogP contribution in [0.15, 0.2) is 24.4 Å². The number of amides is 1. The summed E-state index contributed by atoms with van der Waals surface area (Å²) in [5.41, 5.74) is 0.867. The molecule has 6 heteroatoms. The van der Waals surface area contributed by atoms with E-state index in [4.69, 9.17) is 0 Å². The van der Waals surface area contributed by atoms with E-state index in [1.165, 1.54) is 6.07 Å². The summed E-state index contributed by atoms with van der Waals surface area (Å²) in [6, 6.07) is 4.92. The monoisotopic (exact) mass is 401 g/mol. The summed E-state index contributed by atoms with van der Waals surface area (Å²) in [4.78, 5) is 17.0. The zero-order valence-electron chi connectivity index (χ0n) is 17.6. The SMILES string of the molecule is CCCCNc1cc2ncc(C(=O)NC3CCC(C(C)(C)O)CC3)cc2cc1F. The molecule has 1 aromatic heterocycles. The van der Waals surface area contributed by atoms with E-state index in [-0.39, 0.29) is 23.7 Å². The van der Waals surface area contributed by atoms with Crippen LogP contribution >= 0.6 is 0 Å². The van der Waals surface area contributed by atoms with Crippen molar-refractivity contribution in [2.45, 2.75) is 70.9 Å². The molecule has 3 rings (SSSR count). The van der Waals surface area contributed by atoms with Crippen LogP contribution in [0.3, 0.4) is 0 Å². The van der Waals surface area contributed by atoms with Gasteiger partial charge in [0.25, 0.3) is 5.91 Å². The lowest BCUT2D eigenvalue weighted by molar-refractivity contribution is -0.00257.